The molecule has 8 heteroatoms. The molecule has 0 unspecified atom stereocenters. The number of carbonyl (C=O) groups is 3. The van der Waals surface area contributed by atoms with Gasteiger partial charge >= 0.3 is 0 Å². The highest BCUT2D eigenvalue weighted by Crippen LogP contribution is 2.29. The third-order valence-corrected chi connectivity index (χ3v) is 5.72. The number of amides is 3. The number of carbonyl (C=O) groups excluding carboxylic acids is 3. The van der Waals surface area contributed by atoms with Gasteiger partial charge in [-0.15, -0.1) is 0 Å². The van der Waals surface area contributed by atoms with Crippen molar-refractivity contribution < 1.29 is 14.4 Å². The zero-order chi connectivity index (χ0) is 23.5. The Bertz CT molecular complexity index is 1290. The van der Waals surface area contributed by atoms with Gasteiger partial charge < -0.3 is 10.6 Å². The van der Waals surface area contributed by atoms with E-state index in [2.05, 4.69) is 10.6 Å². The number of imide groups is 1. The Balaban J connectivity index is 1.54. The molecule has 3 amide bonds. The second-order valence-corrected chi connectivity index (χ2v) is 8.30. The van der Waals surface area contributed by atoms with Gasteiger partial charge in [0.25, 0.3) is 17.7 Å². The van der Waals surface area contributed by atoms with E-state index in [1.807, 2.05) is 37.3 Å². The molecule has 6 nitrogen and oxygen atoms in total. The third-order valence-electron chi connectivity index (χ3n) is 5.14. The number of rotatable bonds is 6. The summed E-state index contributed by atoms with van der Waals surface area (Å²) in [5, 5.41) is 6.05. The van der Waals surface area contributed by atoms with Crippen LogP contribution in [0.4, 0.5) is 11.4 Å². The lowest BCUT2D eigenvalue weighted by molar-refractivity contribution is -0.138. The lowest BCUT2D eigenvalue weighted by Crippen LogP contribution is -2.31. The Morgan fingerprint density at radius 2 is 1.67 bits per heavy atom. The predicted molar refractivity (Wildman–Crippen MR) is 129 cm³/mol. The number of aryl methyl sites for hydroxylation is 1. The second-order valence-electron chi connectivity index (χ2n) is 7.49. The van der Waals surface area contributed by atoms with Gasteiger partial charge in [0.15, 0.2) is 0 Å². The molecule has 3 aromatic rings. The highest BCUT2D eigenvalue weighted by Gasteiger charge is 2.38. The van der Waals surface area contributed by atoms with Crippen LogP contribution in [0, 0.1) is 6.92 Å². The molecule has 0 atom stereocenters. The van der Waals surface area contributed by atoms with E-state index in [1.54, 1.807) is 42.5 Å². The van der Waals surface area contributed by atoms with Gasteiger partial charge in [0.05, 0.1) is 6.54 Å². The molecule has 3 aromatic carbocycles. The summed E-state index contributed by atoms with van der Waals surface area (Å²) in [6, 6.07) is 21.0. The maximum Gasteiger partial charge on any atom is 0.279 e. The summed E-state index contributed by atoms with van der Waals surface area (Å²) in [6.07, 6.45) is 0. The monoisotopic (exact) mass is 479 g/mol. The summed E-state index contributed by atoms with van der Waals surface area (Å²) in [5.41, 5.74) is 2.96. The van der Waals surface area contributed by atoms with E-state index in [0.717, 1.165) is 16.0 Å². The maximum absolute atomic E-state index is 12.9. The van der Waals surface area contributed by atoms with Crippen LogP contribution in [-0.2, 0) is 16.1 Å². The van der Waals surface area contributed by atoms with Gasteiger partial charge in [-0.25, -0.2) is 0 Å². The molecule has 0 aliphatic carbocycles. The van der Waals surface area contributed by atoms with Crippen LogP contribution in [-0.4, -0.2) is 22.6 Å². The molecule has 1 heterocycles. The van der Waals surface area contributed by atoms with Crippen molar-refractivity contribution in [2.45, 2.75) is 13.5 Å². The second kappa shape index (κ2) is 9.48. The van der Waals surface area contributed by atoms with Crippen LogP contribution in [0.5, 0.6) is 0 Å². The quantitative estimate of drug-likeness (QED) is 0.468. The molecule has 0 radical (unpaired) electrons. The molecule has 2 N–H and O–H groups in total. The van der Waals surface area contributed by atoms with Crippen molar-refractivity contribution in [1.29, 1.82) is 0 Å². The molecule has 4 rings (SSSR count). The number of nitrogens with zero attached hydrogens (tertiary/aromatic N) is 1. The van der Waals surface area contributed by atoms with Crippen molar-refractivity contribution in [3.8, 4) is 0 Å². The molecule has 0 saturated heterocycles. The first kappa shape index (κ1) is 22.6. The minimum Gasteiger partial charge on any atom is -0.349 e. The van der Waals surface area contributed by atoms with Crippen LogP contribution < -0.4 is 10.6 Å². The summed E-state index contributed by atoms with van der Waals surface area (Å²) < 4.78 is 0. The molecular weight excluding hydrogens is 461 g/mol. The topological polar surface area (TPSA) is 78.5 Å². The maximum atomic E-state index is 12.9. The first-order chi connectivity index (χ1) is 15.8. The Hall–Kier alpha value is -3.61. The van der Waals surface area contributed by atoms with Gasteiger partial charge in [-0.3, -0.25) is 19.3 Å². The predicted octanol–water partition coefficient (Wildman–Crippen LogP) is 5.33. The third kappa shape index (κ3) is 4.92. The SMILES string of the molecule is Cc1ccc(C(=O)Nc2cccc(Cl)c2)cc1NC1=C(Cl)C(=O)N(Cc2ccccc2)C1=O. The number of benzene rings is 3. The van der Waals surface area contributed by atoms with Crippen LogP contribution in [0.2, 0.25) is 5.02 Å². The zero-order valence-corrected chi connectivity index (χ0v) is 19.1. The molecular formula is C25H19Cl2N3O3. The van der Waals surface area contributed by atoms with Crippen molar-refractivity contribution in [1.82, 2.24) is 4.90 Å². The molecule has 0 bridgehead atoms. The van der Waals surface area contributed by atoms with E-state index < -0.39 is 11.8 Å². The Labute approximate surface area is 200 Å². The van der Waals surface area contributed by atoms with E-state index in [-0.39, 0.29) is 23.2 Å². The first-order valence-electron chi connectivity index (χ1n) is 10.1. The van der Waals surface area contributed by atoms with Crippen LogP contribution in [0.25, 0.3) is 0 Å². The highest BCUT2D eigenvalue weighted by atomic mass is 35.5. The fourth-order valence-electron chi connectivity index (χ4n) is 3.37. The van der Waals surface area contributed by atoms with Crippen molar-refractivity contribution in [2.24, 2.45) is 0 Å². The largest absolute Gasteiger partial charge is 0.349 e. The standard InChI is InChI=1S/C25H19Cl2N3O3/c1-15-10-11-17(23(31)28-19-9-5-8-18(26)13-19)12-20(15)29-22-21(27)24(32)30(25(22)33)14-16-6-3-2-4-7-16/h2-13,29H,14H2,1H3,(H,28,31). The van der Waals surface area contributed by atoms with E-state index in [9.17, 15) is 14.4 Å². The summed E-state index contributed by atoms with van der Waals surface area (Å²) in [6.45, 7) is 1.93. The van der Waals surface area contributed by atoms with Gasteiger partial charge in [-0.2, -0.15) is 0 Å². The summed E-state index contributed by atoms with van der Waals surface area (Å²) in [5.74, 6) is -1.44. The minimum absolute atomic E-state index is 0.0203. The zero-order valence-electron chi connectivity index (χ0n) is 17.6. The molecule has 1 aliphatic rings. The van der Waals surface area contributed by atoms with Crippen molar-refractivity contribution in [3.63, 3.8) is 0 Å². The van der Waals surface area contributed by atoms with E-state index >= 15 is 0 Å². The fraction of sp³-hybridized carbons (Fsp3) is 0.0800. The molecule has 33 heavy (non-hydrogen) atoms. The van der Waals surface area contributed by atoms with E-state index in [0.29, 0.717) is 22.0 Å². The molecule has 0 aromatic heterocycles. The first-order valence-corrected chi connectivity index (χ1v) is 10.8. The average Bonchev–Trinajstić information content (AvgIpc) is 2.99. The number of hydrogen-bond donors (Lipinski definition) is 2. The Morgan fingerprint density at radius 1 is 0.909 bits per heavy atom. The molecule has 0 saturated carbocycles. The number of halogens is 2. The van der Waals surface area contributed by atoms with E-state index in [1.165, 1.54) is 0 Å². The Morgan fingerprint density at radius 3 is 2.39 bits per heavy atom. The van der Waals surface area contributed by atoms with Crippen LogP contribution in [0.3, 0.4) is 0 Å². The highest BCUT2D eigenvalue weighted by molar-refractivity contribution is 6.48. The average molecular weight is 480 g/mol. The van der Waals surface area contributed by atoms with Gasteiger partial charge in [-0.1, -0.05) is 65.7 Å². The van der Waals surface area contributed by atoms with Crippen LogP contribution in [0.1, 0.15) is 21.5 Å². The fourth-order valence-corrected chi connectivity index (χ4v) is 3.79. The van der Waals surface area contributed by atoms with Crippen LogP contribution >= 0.6 is 23.2 Å². The summed E-state index contributed by atoms with van der Waals surface area (Å²) in [4.78, 5) is 39.4. The van der Waals surface area contributed by atoms with Crippen molar-refractivity contribution in [2.75, 3.05) is 10.6 Å². The summed E-state index contributed by atoms with van der Waals surface area (Å²) in [7, 11) is 0. The van der Waals surface area contributed by atoms with Crippen molar-refractivity contribution in [3.05, 3.63) is 105 Å². The molecule has 166 valence electrons. The number of nitrogens with one attached hydrogen (secondary N) is 2. The lowest BCUT2D eigenvalue weighted by Gasteiger charge is -2.16. The molecule has 0 fully saturated rings. The number of anilines is 2. The van der Waals surface area contributed by atoms with Gasteiger partial charge in [0.1, 0.15) is 10.7 Å². The molecule has 0 spiro atoms. The summed E-state index contributed by atoms with van der Waals surface area (Å²) >= 11 is 12.2. The smallest absolute Gasteiger partial charge is 0.279 e. The van der Waals surface area contributed by atoms with Gasteiger partial charge in [0, 0.05) is 22.0 Å². The number of hydrogen-bond acceptors (Lipinski definition) is 4. The van der Waals surface area contributed by atoms with Crippen molar-refractivity contribution >= 4 is 52.3 Å². The molecule has 1 aliphatic heterocycles. The van der Waals surface area contributed by atoms with E-state index in [4.69, 9.17) is 23.2 Å². The normalized spacial score (nSPS) is 13.5. The lowest BCUT2D eigenvalue weighted by atomic mass is 10.1. The Kier molecular flexibility index (Phi) is 6.49. The van der Waals surface area contributed by atoms with Gasteiger partial charge in [0.2, 0.25) is 0 Å². The van der Waals surface area contributed by atoms with Gasteiger partial charge in [-0.05, 0) is 48.4 Å². The minimum atomic E-state index is -0.569. The van der Waals surface area contributed by atoms with Crippen LogP contribution in [0.15, 0.2) is 83.5 Å².